The molecule has 0 bridgehead atoms. The van der Waals surface area contributed by atoms with E-state index in [4.69, 9.17) is 5.73 Å². The van der Waals surface area contributed by atoms with E-state index in [1.54, 1.807) is 6.20 Å². The fraction of sp³-hybridized carbons (Fsp3) is 0.333. The van der Waals surface area contributed by atoms with Gasteiger partial charge >= 0.3 is 0 Å². The average molecular weight is 295 g/mol. The second kappa shape index (κ2) is 4.98. The van der Waals surface area contributed by atoms with Gasteiger partial charge in [-0.25, -0.2) is 0 Å². The lowest BCUT2D eigenvalue weighted by atomic mass is 10.2. The zero-order valence-corrected chi connectivity index (χ0v) is 11.5. The van der Waals surface area contributed by atoms with Crippen molar-refractivity contribution >= 4 is 15.9 Å². The van der Waals surface area contributed by atoms with Crippen LogP contribution in [0.15, 0.2) is 22.8 Å². The molecule has 2 aromatic rings. The molecule has 0 spiro atoms. The molecule has 2 rings (SSSR count). The second-order valence-electron chi connectivity index (χ2n) is 3.96. The lowest BCUT2D eigenvalue weighted by Crippen LogP contribution is -2.10. The minimum atomic E-state index is 0.455. The van der Waals surface area contributed by atoms with Crippen LogP contribution >= 0.6 is 15.9 Å². The van der Waals surface area contributed by atoms with Gasteiger partial charge in [-0.15, -0.1) is 0 Å². The highest BCUT2D eigenvalue weighted by Crippen LogP contribution is 2.20. The first-order chi connectivity index (χ1) is 8.13. The first-order valence-electron chi connectivity index (χ1n) is 5.45. The molecule has 5 heteroatoms. The van der Waals surface area contributed by atoms with Gasteiger partial charge < -0.3 is 5.73 Å². The van der Waals surface area contributed by atoms with E-state index < -0.39 is 0 Å². The molecule has 0 atom stereocenters. The summed E-state index contributed by atoms with van der Waals surface area (Å²) in [4.78, 5) is 4.27. The molecule has 0 fully saturated rings. The minimum absolute atomic E-state index is 0.455. The Kier molecular flexibility index (Phi) is 3.59. The predicted octanol–water partition coefficient (Wildman–Crippen LogP) is 2.16. The van der Waals surface area contributed by atoms with Crippen LogP contribution in [0.3, 0.4) is 0 Å². The van der Waals surface area contributed by atoms with Gasteiger partial charge in [0.1, 0.15) is 0 Å². The van der Waals surface area contributed by atoms with Crippen LogP contribution in [0, 0.1) is 13.8 Å². The molecule has 4 nitrogen and oxygen atoms in total. The molecule has 90 valence electrons. The van der Waals surface area contributed by atoms with Gasteiger partial charge in [-0.1, -0.05) is 6.07 Å². The SMILES string of the molecule is Cc1nn(Cc2cccnc2CN)c(C)c1Br. The van der Waals surface area contributed by atoms with E-state index in [9.17, 15) is 0 Å². The third-order valence-electron chi connectivity index (χ3n) is 2.79. The number of pyridine rings is 1. The summed E-state index contributed by atoms with van der Waals surface area (Å²) < 4.78 is 3.03. The number of hydrogen-bond donors (Lipinski definition) is 1. The first-order valence-corrected chi connectivity index (χ1v) is 6.25. The van der Waals surface area contributed by atoms with Crippen LogP contribution in [0.25, 0.3) is 0 Å². The van der Waals surface area contributed by atoms with Crippen molar-refractivity contribution in [2.24, 2.45) is 5.73 Å². The lowest BCUT2D eigenvalue weighted by molar-refractivity contribution is 0.650. The Morgan fingerprint density at radius 1 is 1.41 bits per heavy atom. The van der Waals surface area contributed by atoms with Gasteiger partial charge in [-0.2, -0.15) is 5.10 Å². The fourth-order valence-corrected chi connectivity index (χ4v) is 2.07. The van der Waals surface area contributed by atoms with E-state index in [1.165, 1.54) is 0 Å². The second-order valence-corrected chi connectivity index (χ2v) is 4.75. The Morgan fingerprint density at radius 3 is 2.76 bits per heavy atom. The summed E-state index contributed by atoms with van der Waals surface area (Å²) >= 11 is 3.53. The number of aromatic nitrogens is 3. The highest BCUT2D eigenvalue weighted by molar-refractivity contribution is 9.10. The predicted molar refractivity (Wildman–Crippen MR) is 70.6 cm³/mol. The summed E-state index contributed by atoms with van der Waals surface area (Å²) in [6.45, 7) is 5.19. The largest absolute Gasteiger partial charge is 0.325 e. The number of aryl methyl sites for hydroxylation is 1. The smallest absolute Gasteiger partial charge is 0.0738 e. The molecule has 2 aromatic heterocycles. The summed E-state index contributed by atoms with van der Waals surface area (Å²) in [5.41, 5.74) is 9.84. The van der Waals surface area contributed by atoms with Gasteiger partial charge in [0, 0.05) is 12.7 Å². The van der Waals surface area contributed by atoms with Crippen molar-refractivity contribution in [2.75, 3.05) is 0 Å². The van der Waals surface area contributed by atoms with Crippen LogP contribution in [0.5, 0.6) is 0 Å². The maximum Gasteiger partial charge on any atom is 0.0738 e. The van der Waals surface area contributed by atoms with E-state index in [0.717, 1.165) is 27.1 Å². The molecule has 0 unspecified atom stereocenters. The van der Waals surface area contributed by atoms with Crippen molar-refractivity contribution in [3.8, 4) is 0 Å². The van der Waals surface area contributed by atoms with Crippen molar-refractivity contribution in [2.45, 2.75) is 26.9 Å². The average Bonchev–Trinajstić information content (AvgIpc) is 2.58. The Bertz CT molecular complexity index is 533. The third kappa shape index (κ3) is 2.40. The van der Waals surface area contributed by atoms with E-state index >= 15 is 0 Å². The summed E-state index contributed by atoms with van der Waals surface area (Å²) in [5, 5.41) is 4.48. The zero-order chi connectivity index (χ0) is 12.4. The van der Waals surface area contributed by atoms with Gasteiger partial charge in [-0.3, -0.25) is 9.67 Å². The normalized spacial score (nSPS) is 10.8. The fourth-order valence-electron chi connectivity index (χ4n) is 1.79. The highest BCUT2D eigenvalue weighted by Gasteiger charge is 2.10. The van der Waals surface area contributed by atoms with E-state index in [2.05, 4.69) is 26.0 Å². The molecule has 0 saturated carbocycles. The van der Waals surface area contributed by atoms with Gasteiger partial charge in [0.2, 0.25) is 0 Å². The van der Waals surface area contributed by atoms with E-state index in [1.807, 2.05) is 30.7 Å². The monoisotopic (exact) mass is 294 g/mol. The summed E-state index contributed by atoms with van der Waals surface area (Å²) in [7, 11) is 0. The van der Waals surface area contributed by atoms with Crippen LogP contribution in [0.1, 0.15) is 22.6 Å². The van der Waals surface area contributed by atoms with Crippen molar-refractivity contribution in [1.29, 1.82) is 0 Å². The van der Waals surface area contributed by atoms with Crippen LogP contribution < -0.4 is 5.73 Å². The van der Waals surface area contributed by atoms with Crippen LogP contribution in [-0.2, 0) is 13.1 Å². The molecule has 0 aliphatic heterocycles. The molecule has 2 heterocycles. The molecule has 0 aromatic carbocycles. The summed E-state index contributed by atoms with van der Waals surface area (Å²) in [6, 6.07) is 3.97. The molecule has 0 radical (unpaired) electrons. The molecule has 0 amide bonds. The van der Waals surface area contributed by atoms with Gasteiger partial charge in [0.15, 0.2) is 0 Å². The van der Waals surface area contributed by atoms with Gasteiger partial charge in [0.25, 0.3) is 0 Å². The summed E-state index contributed by atoms with van der Waals surface area (Å²) in [5.74, 6) is 0. The maximum atomic E-state index is 5.68. The Morgan fingerprint density at radius 2 is 2.18 bits per heavy atom. The quantitative estimate of drug-likeness (QED) is 0.944. The van der Waals surface area contributed by atoms with E-state index in [0.29, 0.717) is 13.1 Å². The number of nitrogens with two attached hydrogens (primary N) is 1. The molecular weight excluding hydrogens is 280 g/mol. The topological polar surface area (TPSA) is 56.7 Å². The third-order valence-corrected chi connectivity index (χ3v) is 3.94. The van der Waals surface area contributed by atoms with Crippen molar-refractivity contribution < 1.29 is 0 Å². The molecule has 17 heavy (non-hydrogen) atoms. The van der Waals surface area contributed by atoms with Crippen molar-refractivity contribution in [3.05, 3.63) is 45.4 Å². The Hall–Kier alpha value is -1.20. The van der Waals surface area contributed by atoms with Crippen LogP contribution in [0.4, 0.5) is 0 Å². The molecule has 0 saturated heterocycles. The first kappa shape index (κ1) is 12.3. The molecule has 0 aliphatic carbocycles. The van der Waals surface area contributed by atoms with Gasteiger partial charge in [-0.05, 0) is 41.4 Å². The molecular formula is C12H15BrN4. The van der Waals surface area contributed by atoms with Crippen LogP contribution in [0.2, 0.25) is 0 Å². The van der Waals surface area contributed by atoms with E-state index in [-0.39, 0.29) is 0 Å². The number of hydrogen-bond acceptors (Lipinski definition) is 3. The standard InChI is InChI=1S/C12H15BrN4/c1-8-12(13)9(2)17(16-8)7-10-4-3-5-15-11(10)6-14/h3-5H,6-7,14H2,1-2H3. The van der Waals surface area contributed by atoms with Crippen molar-refractivity contribution in [3.63, 3.8) is 0 Å². The maximum absolute atomic E-state index is 5.68. The minimum Gasteiger partial charge on any atom is -0.325 e. The molecule has 2 N–H and O–H groups in total. The van der Waals surface area contributed by atoms with Gasteiger partial charge in [0.05, 0.1) is 28.1 Å². The highest BCUT2D eigenvalue weighted by atomic mass is 79.9. The molecule has 0 aliphatic rings. The number of halogens is 1. The number of rotatable bonds is 3. The Labute approximate surface area is 109 Å². The van der Waals surface area contributed by atoms with Crippen molar-refractivity contribution in [1.82, 2.24) is 14.8 Å². The van der Waals surface area contributed by atoms with Crippen LogP contribution in [-0.4, -0.2) is 14.8 Å². The number of nitrogens with zero attached hydrogens (tertiary/aromatic N) is 3. The lowest BCUT2D eigenvalue weighted by Gasteiger charge is -2.08. The zero-order valence-electron chi connectivity index (χ0n) is 9.94. The Balaban J connectivity index is 2.34. The summed E-state index contributed by atoms with van der Waals surface area (Å²) in [6.07, 6.45) is 1.77.